The number of carbonyl (C=O) groups is 1. The van der Waals surface area contributed by atoms with Crippen molar-refractivity contribution >= 4 is 16.9 Å². The first-order valence-corrected chi connectivity index (χ1v) is 8.15. The largest absolute Gasteiger partial charge is 0.467 e. The van der Waals surface area contributed by atoms with Crippen molar-refractivity contribution in [2.24, 2.45) is 0 Å². The quantitative estimate of drug-likeness (QED) is 0.747. The Balaban J connectivity index is 1.75. The van der Waals surface area contributed by atoms with Gasteiger partial charge in [0.05, 0.1) is 29.8 Å². The molecule has 0 aliphatic rings. The molecule has 2 heterocycles. The van der Waals surface area contributed by atoms with E-state index in [2.05, 4.69) is 15.3 Å². The lowest BCUT2D eigenvalue weighted by Crippen LogP contribution is -2.41. The van der Waals surface area contributed by atoms with Crippen LogP contribution in [0.3, 0.4) is 0 Å². The molecule has 0 bridgehead atoms. The number of para-hydroxylation sites is 1. The summed E-state index contributed by atoms with van der Waals surface area (Å²) < 4.78 is 5.30. The van der Waals surface area contributed by atoms with Gasteiger partial charge in [-0.05, 0) is 38.1 Å². The second-order valence-corrected chi connectivity index (χ2v) is 5.73. The van der Waals surface area contributed by atoms with E-state index in [1.165, 1.54) is 0 Å². The lowest BCUT2D eigenvalue weighted by molar-refractivity contribution is 0.192. The molecule has 25 heavy (non-hydrogen) atoms. The van der Waals surface area contributed by atoms with Crippen LogP contribution in [0.4, 0.5) is 4.79 Å². The van der Waals surface area contributed by atoms with Crippen molar-refractivity contribution in [3.63, 3.8) is 0 Å². The monoisotopic (exact) mass is 340 g/mol. The third-order valence-electron chi connectivity index (χ3n) is 3.98. The van der Waals surface area contributed by atoms with E-state index in [0.29, 0.717) is 29.0 Å². The Morgan fingerprint density at radius 2 is 2.12 bits per heavy atom. The van der Waals surface area contributed by atoms with Gasteiger partial charge in [-0.2, -0.15) is 0 Å². The first-order valence-electron chi connectivity index (χ1n) is 8.15. The molecular formula is C18H20N4O3. The van der Waals surface area contributed by atoms with Crippen LogP contribution in [-0.2, 0) is 6.54 Å². The highest BCUT2D eigenvalue weighted by Gasteiger charge is 2.18. The van der Waals surface area contributed by atoms with Crippen molar-refractivity contribution in [3.8, 4) is 0 Å². The summed E-state index contributed by atoms with van der Waals surface area (Å²) in [6.07, 6.45) is 1.57. The van der Waals surface area contributed by atoms with Crippen molar-refractivity contribution in [2.45, 2.75) is 26.4 Å². The number of H-pyrrole nitrogens is 1. The summed E-state index contributed by atoms with van der Waals surface area (Å²) >= 11 is 0. The molecule has 1 aromatic carbocycles. The van der Waals surface area contributed by atoms with E-state index >= 15 is 0 Å². The molecule has 3 aromatic rings. The summed E-state index contributed by atoms with van der Waals surface area (Å²) in [5.74, 6) is 1.13. The van der Waals surface area contributed by atoms with Crippen molar-refractivity contribution in [3.05, 3.63) is 64.6 Å². The zero-order chi connectivity index (χ0) is 17.8. The fraction of sp³-hybridized carbons (Fsp3) is 0.278. The molecule has 0 aliphatic carbocycles. The number of hydrogen-bond donors (Lipinski definition) is 2. The number of hydrogen-bond acceptors (Lipinski definition) is 4. The van der Waals surface area contributed by atoms with Gasteiger partial charge in [0.25, 0.3) is 5.56 Å². The fourth-order valence-electron chi connectivity index (χ4n) is 2.60. The SMILES string of the molecule is CCN(Cc1nc2ccccc2c(=O)[nH]1)C(=O)NC(C)c1ccco1. The molecule has 7 heteroatoms. The zero-order valence-corrected chi connectivity index (χ0v) is 14.2. The van der Waals surface area contributed by atoms with Gasteiger partial charge in [-0.3, -0.25) is 4.79 Å². The highest BCUT2D eigenvalue weighted by molar-refractivity contribution is 5.77. The summed E-state index contributed by atoms with van der Waals surface area (Å²) in [6.45, 7) is 4.41. The molecule has 0 fully saturated rings. The minimum absolute atomic E-state index is 0.207. The summed E-state index contributed by atoms with van der Waals surface area (Å²) in [5.41, 5.74) is 0.405. The molecule has 7 nitrogen and oxygen atoms in total. The Morgan fingerprint density at radius 3 is 2.84 bits per heavy atom. The van der Waals surface area contributed by atoms with Crippen LogP contribution in [0.5, 0.6) is 0 Å². The van der Waals surface area contributed by atoms with Gasteiger partial charge in [-0.15, -0.1) is 0 Å². The molecule has 130 valence electrons. The van der Waals surface area contributed by atoms with Crippen molar-refractivity contribution in [1.82, 2.24) is 20.2 Å². The summed E-state index contributed by atoms with van der Waals surface area (Å²) in [5, 5.41) is 3.41. The standard InChI is InChI=1S/C18H20N4O3/c1-3-22(18(24)19-12(2)15-9-6-10-25-15)11-16-20-14-8-5-4-7-13(14)17(23)21-16/h4-10,12H,3,11H2,1-2H3,(H,19,24)(H,20,21,23). The maximum absolute atomic E-state index is 12.5. The number of urea groups is 1. The van der Waals surface area contributed by atoms with Crippen LogP contribution < -0.4 is 10.9 Å². The van der Waals surface area contributed by atoms with Gasteiger partial charge >= 0.3 is 6.03 Å². The van der Waals surface area contributed by atoms with Crippen molar-refractivity contribution in [2.75, 3.05) is 6.54 Å². The van der Waals surface area contributed by atoms with Gasteiger partial charge in [-0.25, -0.2) is 9.78 Å². The topological polar surface area (TPSA) is 91.2 Å². The molecular weight excluding hydrogens is 320 g/mol. The second kappa shape index (κ2) is 7.21. The van der Waals surface area contributed by atoms with Crippen LogP contribution in [0.25, 0.3) is 10.9 Å². The average Bonchev–Trinajstić information content (AvgIpc) is 3.14. The summed E-state index contributed by atoms with van der Waals surface area (Å²) in [6, 6.07) is 10.2. The van der Waals surface area contributed by atoms with Crippen LogP contribution in [0.1, 0.15) is 31.5 Å². The van der Waals surface area contributed by atoms with E-state index in [4.69, 9.17) is 4.42 Å². The Bertz CT molecular complexity index is 917. The Hall–Kier alpha value is -3.09. The smallest absolute Gasteiger partial charge is 0.318 e. The number of nitrogens with one attached hydrogen (secondary N) is 2. The lowest BCUT2D eigenvalue weighted by atomic mass is 10.2. The van der Waals surface area contributed by atoms with Gasteiger partial charge in [-0.1, -0.05) is 12.1 Å². The molecule has 0 aliphatic heterocycles. The third-order valence-corrected chi connectivity index (χ3v) is 3.98. The number of carbonyl (C=O) groups excluding carboxylic acids is 1. The summed E-state index contributed by atoms with van der Waals surface area (Å²) in [4.78, 5) is 33.4. The molecule has 1 atom stereocenters. The van der Waals surface area contributed by atoms with E-state index < -0.39 is 0 Å². The van der Waals surface area contributed by atoms with Crippen LogP contribution in [0, 0.1) is 0 Å². The van der Waals surface area contributed by atoms with Crippen LogP contribution in [0.15, 0.2) is 51.9 Å². The highest BCUT2D eigenvalue weighted by Crippen LogP contribution is 2.13. The minimum Gasteiger partial charge on any atom is -0.467 e. The Kier molecular flexibility index (Phi) is 4.83. The molecule has 2 aromatic heterocycles. The maximum atomic E-state index is 12.5. The number of nitrogens with zero attached hydrogens (tertiary/aromatic N) is 2. The summed E-state index contributed by atoms with van der Waals surface area (Å²) in [7, 11) is 0. The van der Waals surface area contributed by atoms with E-state index in [1.54, 1.807) is 35.4 Å². The Morgan fingerprint density at radius 1 is 1.32 bits per heavy atom. The van der Waals surface area contributed by atoms with E-state index in [-0.39, 0.29) is 24.2 Å². The van der Waals surface area contributed by atoms with Gasteiger partial charge in [0.1, 0.15) is 11.6 Å². The van der Waals surface area contributed by atoms with Crippen molar-refractivity contribution in [1.29, 1.82) is 0 Å². The van der Waals surface area contributed by atoms with Gasteiger partial charge < -0.3 is 19.6 Å². The van der Waals surface area contributed by atoms with E-state index in [0.717, 1.165) is 0 Å². The van der Waals surface area contributed by atoms with Gasteiger partial charge in [0.2, 0.25) is 0 Å². The molecule has 3 rings (SSSR count). The molecule has 0 spiro atoms. The number of aromatic amines is 1. The molecule has 0 saturated heterocycles. The zero-order valence-electron chi connectivity index (χ0n) is 14.2. The molecule has 2 N–H and O–H groups in total. The van der Waals surface area contributed by atoms with Crippen LogP contribution in [-0.4, -0.2) is 27.4 Å². The number of aromatic nitrogens is 2. The number of benzene rings is 1. The van der Waals surface area contributed by atoms with Gasteiger partial charge in [0.15, 0.2) is 0 Å². The highest BCUT2D eigenvalue weighted by atomic mass is 16.3. The molecule has 1 unspecified atom stereocenters. The number of fused-ring (bicyclic) bond motifs is 1. The maximum Gasteiger partial charge on any atom is 0.318 e. The minimum atomic E-state index is -0.250. The Labute approximate surface area is 144 Å². The van der Waals surface area contributed by atoms with Crippen LogP contribution >= 0.6 is 0 Å². The molecule has 0 radical (unpaired) electrons. The first kappa shape index (κ1) is 16.8. The van der Waals surface area contributed by atoms with E-state index in [1.807, 2.05) is 26.0 Å². The second-order valence-electron chi connectivity index (χ2n) is 5.73. The number of rotatable bonds is 5. The normalized spacial score (nSPS) is 12.1. The van der Waals surface area contributed by atoms with E-state index in [9.17, 15) is 9.59 Å². The van der Waals surface area contributed by atoms with Gasteiger partial charge in [0, 0.05) is 6.54 Å². The molecule has 0 saturated carbocycles. The van der Waals surface area contributed by atoms with Crippen LogP contribution in [0.2, 0.25) is 0 Å². The predicted octanol–water partition coefficient (Wildman–Crippen LogP) is 2.81. The number of amides is 2. The van der Waals surface area contributed by atoms with Crippen molar-refractivity contribution < 1.29 is 9.21 Å². The number of furan rings is 1. The lowest BCUT2D eigenvalue weighted by Gasteiger charge is -2.23. The fourth-order valence-corrected chi connectivity index (χ4v) is 2.60. The first-order chi connectivity index (χ1) is 12.1. The molecule has 2 amide bonds. The third kappa shape index (κ3) is 3.71. The average molecular weight is 340 g/mol. The predicted molar refractivity (Wildman–Crippen MR) is 94.1 cm³/mol.